The summed E-state index contributed by atoms with van der Waals surface area (Å²) < 4.78 is 0. The second-order valence-corrected chi connectivity index (χ2v) is 6.29. The van der Waals surface area contributed by atoms with E-state index in [-0.39, 0.29) is 0 Å². The molecule has 0 unspecified atom stereocenters. The van der Waals surface area contributed by atoms with Gasteiger partial charge < -0.3 is 0 Å². The first-order valence-corrected chi connectivity index (χ1v) is 8.55. The highest BCUT2D eigenvalue weighted by Crippen LogP contribution is 2.32. The smallest absolute Gasteiger partial charge is 0.00139 e. The predicted molar refractivity (Wildman–Crippen MR) is 106 cm³/mol. The molecule has 0 aliphatic heterocycles. The molecule has 0 saturated heterocycles. The zero-order chi connectivity index (χ0) is 17.1. The Bertz CT molecular complexity index is 908. The van der Waals surface area contributed by atoms with E-state index in [1.807, 2.05) is 12.1 Å². The van der Waals surface area contributed by atoms with E-state index in [1.54, 1.807) is 0 Å². The van der Waals surface area contributed by atoms with Gasteiger partial charge in [-0.2, -0.15) is 0 Å². The van der Waals surface area contributed by atoms with Gasteiger partial charge in [0.05, 0.1) is 0 Å². The van der Waals surface area contributed by atoms with Gasteiger partial charge in [-0.25, -0.2) is 0 Å². The van der Waals surface area contributed by atoms with Crippen molar-refractivity contribution in [1.29, 1.82) is 0 Å². The monoisotopic (exact) mass is 319 g/mol. The largest absolute Gasteiger partial charge is 0.0622 e. The molecule has 119 valence electrons. The van der Waals surface area contributed by atoms with Crippen LogP contribution in [0.2, 0.25) is 0 Å². The molecule has 0 heteroatoms. The Labute approximate surface area is 149 Å². The first-order chi connectivity index (χ1) is 12.3. The van der Waals surface area contributed by atoms with Gasteiger partial charge in [-0.15, -0.1) is 0 Å². The normalized spacial score (nSPS) is 10.6. The minimum absolute atomic E-state index is 1.12. The van der Waals surface area contributed by atoms with Crippen molar-refractivity contribution < 1.29 is 0 Å². The maximum absolute atomic E-state index is 3.60. The van der Waals surface area contributed by atoms with E-state index in [0.717, 1.165) is 11.1 Å². The predicted octanol–water partition coefficient (Wildman–Crippen LogP) is 6.80. The molecular formula is C25H19. The summed E-state index contributed by atoms with van der Waals surface area (Å²) in [5, 5.41) is 0. The lowest BCUT2D eigenvalue weighted by molar-refractivity contribution is 1.47. The average molecular weight is 319 g/mol. The lowest BCUT2D eigenvalue weighted by Gasteiger charge is -2.11. The van der Waals surface area contributed by atoms with Crippen LogP contribution in [-0.2, 0) is 0 Å². The van der Waals surface area contributed by atoms with Crippen molar-refractivity contribution in [3.8, 4) is 33.4 Å². The molecule has 0 aliphatic carbocycles. The van der Waals surface area contributed by atoms with Gasteiger partial charge in [0.25, 0.3) is 0 Å². The van der Waals surface area contributed by atoms with E-state index in [0.29, 0.717) is 0 Å². The summed E-state index contributed by atoms with van der Waals surface area (Å²) in [6.45, 7) is 2.12. The first-order valence-electron chi connectivity index (χ1n) is 8.55. The van der Waals surface area contributed by atoms with Crippen LogP contribution in [0.15, 0.2) is 97.1 Å². The van der Waals surface area contributed by atoms with Crippen LogP contribution in [0.3, 0.4) is 0 Å². The molecule has 0 fully saturated rings. The quantitative estimate of drug-likeness (QED) is 0.390. The van der Waals surface area contributed by atoms with E-state index in [4.69, 9.17) is 0 Å². The van der Waals surface area contributed by atoms with Gasteiger partial charge in [-0.05, 0) is 58.5 Å². The highest BCUT2D eigenvalue weighted by Gasteiger charge is 2.07. The van der Waals surface area contributed by atoms with Crippen LogP contribution in [-0.4, -0.2) is 0 Å². The van der Waals surface area contributed by atoms with E-state index < -0.39 is 0 Å². The zero-order valence-electron chi connectivity index (χ0n) is 14.2. The van der Waals surface area contributed by atoms with Gasteiger partial charge in [-0.3, -0.25) is 0 Å². The summed E-state index contributed by atoms with van der Waals surface area (Å²) in [4.78, 5) is 0. The molecule has 0 aliphatic rings. The summed E-state index contributed by atoms with van der Waals surface area (Å²) in [5.41, 5.74) is 8.35. The SMILES string of the molecule is Cc1ccc(-c2cc(-c3ccccc3)[c]c(-c3ccccc3)c2)cc1. The Hall–Kier alpha value is -3.12. The van der Waals surface area contributed by atoms with Crippen LogP contribution < -0.4 is 0 Å². The Kier molecular flexibility index (Phi) is 4.18. The van der Waals surface area contributed by atoms with Crippen LogP contribution in [0, 0.1) is 13.0 Å². The molecule has 4 aromatic rings. The number of rotatable bonds is 3. The van der Waals surface area contributed by atoms with Gasteiger partial charge in [0.1, 0.15) is 0 Å². The minimum atomic E-state index is 1.12. The Morgan fingerprint density at radius 1 is 0.480 bits per heavy atom. The second kappa shape index (κ2) is 6.78. The fraction of sp³-hybridized carbons (Fsp3) is 0.0400. The van der Waals surface area contributed by atoms with Crippen LogP contribution in [0.1, 0.15) is 5.56 Å². The molecule has 0 amide bonds. The molecule has 4 rings (SSSR count). The van der Waals surface area contributed by atoms with Crippen LogP contribution >= 0.6 is 0 Å². The highest BCUT2D eigenvalue weighted by molar-refractivity contribution is 5.80. The molecular weight excluding hydrogens is 300 g/mol. The van der Waals surface area contributed by atoms with Crippen molar-refractivity contribution in [3.05, 3.63) is 109 Å². The molecule has 0 heterocycles. The second-order valence-electron chi connectivity index (χ2n) is 6.29. The third kappa shape index (κ3) is 3.39. The van der Waals surface area contributed by atoms with Crippen LogP contribution in [0.5, 0.6) is 0 Å². The molecule has 0 aromatic heterocycles. The lowest BCUT2D eigenvalue weighted by atomic mass is 9.93. The Morgan fingerprint density at radius 3 is 1.44 bits per heavy atom. The molecule has 1 radical (unpaired) electrons. The zero-order valence-corrected chi connectivity index (χ0v) is 14.2. The molecule has 0 bridgehead atoms. The summed E-state index contributed by atoms with van der Waals surface area (Å²) in [5.74, 6) is 0. The molecule has 0 spiro atoms. The maximum Gasteiger partial charge on any atom is -0.00139 e. The van der Waals surface area contributed by atoms with Gasteiger partial charge >= 0.3 is 0 Å². The van der Waals surface area contributed by atoms with Gasteiger partial charge in [0.15, 0.2) is 0 Å². The van der Waals surface area contributed by atoms with Crippen molar-refractivity contribution in [2.24, 2.45) is 0 Å². The highest BCUT2D eigenvalue weighted by atomic mass is 14.1. The average Bonchev–Trinajstić information content (AvgIpc) is 2.69. The minimum Gasteiger partial charge on any atom is -0.0622 e. The number of hydrogen-bond donors (Lipinski definition) is 0. The summed E-state index contributed by atoms with van der Waals surface area (Å²) in [7, 11) is 0. The fourth-order valence-electron chi connectivity index (χ4n) is 3.03. The van der Waals surface area contributed by atoms with E-state index >= 15 is 0 Å². The van der Waals surface area contributed by atoms with Crippen LogP contribution in [0.4, 0.5) is 0 Å². The third-order valence-electron chi connectivity index (χ3n) is 4.42. The molecule has 0 atom stereocenters. The number of aryl methyl sites for hydroxylation is 1. The molecule has 0 saturated carbocycles. The molecule has 0 nitrogen and oxygen atoms in total. The van der Waals surface area contributed by atoms with Crippen molar-refractivity contribution in [3.63, 3.8) is 0 Å². The summed E-state index contributed by atoms with van der Waals surface area (Å²) >= 11 is 0. The molecule has 0 N–H and O–H groups in total. The lowest BCUT2D eigenvalue weighted by Crippen LogP contribution is -1.86. The van der Waals surface area contributed by atoms with Gasteiger partial charge in [0.2, 0.25) is 0 Å². The summed E-state index contributed by atoms with van der Waals surface area (Å²) in [6.07, 6.45) is 0. The van der Waals surface area contributed by atoms with E-state index in [2.05, 4.69) is 97.9 Å². The van der Waals surface area contributed by atoms with Crippen molar-refractivity contribution in [1.82, 2.24) is 0 Å². The standard InChI is InChI=1S/C25H19/c1-19-12-14-22(15-13-19)25-17-23(20-8-4-2-5-9-20)16-24(18-25)21-10-6-3-7-11-21/h2-15,17-18H,1H3. The van der Waals surface area contributed by atoms with E-state index in [9.17, 15) is 0 Å². The van der Waals surface area contributed by atoms with Crippen molar-refractivity contribution >= 4 is 0 Å². The Morgan fingerprint density at radius 2 is 0.960 bits per heavy atom. The first kappa shape index (κ1) is 15.4. The number of benzene rings is 4. The molecule has 4 aromatic carbocycles. The Balaban J connectivity index is 1.90. The van der Waals surface area contributed by atoms with Crippen molar-refractivity contribution in [2.75, 3.05) is 0 Å². The molecule has 25 heavy (non-hydrogen) atoms. The number of hydrogen-bond acceptors (Lipinski definition) is 0. The summed E-state index contributed by atoms with van der Waals surface area (Å²) in [6, 6.07) is 37.7. The van der Waals surface area contributed by atoms with Crippen molar-refractivity contribution in [2.45, 2.75) is 6.92 Å². The third-order valence-corrected chi connectivity index (χ3v) is 4.42. The van der Waals surface area contributed by atoms with Crippen LogP contribution in [0.25, 0.3) is 33.4 Å². The van der Waals surface area contributed by atoms with Gasteiger partial charge in [-0.1, -0.05) is 90.5 Å². The maximum atomic E-state index is 3.60. The fourth-order valence-corrected chi connectivity index (χ4v) is 3.03. The van der Waals surface area contributed by atoms with E-state index in [1.165, 1.54) is 27.8 Å². The topological polar surface area (TPSA) is 0 Å². The van der Waals surface area contributed by atoms with Gasteiger partial charge in [0, 0.05) is 0 Å².